The molecule has 0 amide bonds. The normalized spacial score (nSPS) is 12.0. The van der Waals surface area contributed by atoms with Crippen molar-refractivity contribution >= 4 is 21.6 Å². The SMILES string of the molecule is CC(C)CCNS(=O)(=O)c1ccnc(Cl)c1. The van der Waals surface area contributed by atoms with Crippen molar-refractivity contribution in [2.24, 2.45) is 5.92 Å². The summed E-state index contributed by atoms with van der Waals surface area (Å²) in [6.45, 7) is 4.51. The van der Waals surface area contributed by atoms with Gasteiger partial charge in [-0.1, -0.05) is 25.4 Å². The van der Waals surface area contributed by atoms with Crippen LogP contribution >= 0.6 is 11.6 Å². The van der Waals surface area contributed by atoms with E-state index in [4.69, 9.17) is 11.6 Å². The van der Waals surface area contributed by atoms with E-state index >= 15 is 0 Å². The standard InChI is InChI=1S/C10H15ClN2O2S/c1-8(2)3-6-13-16(14,15)9-4-5-12-10(11)7-9/h4-5,7-8,13H,3,6H2,1-2H3. The number of rotatable bonds is 5. The highest BCUT2D eigenvalue weighted by molar-refractivity contribution is 7.89. The van der Waals surface area contributed by atoms with Crippen LogP contribution in [0.25, 0.3) is 0 Å². The van der Waals surface area contributed by atoms with Crippen LogP contribution < -0.4 is 4.72 Å². The molecule has 90 valence electrons. The lowest BCUT2D eigenvalue weighted by molar-refractivity contribution is 0.551. The molecule has 1 N–H and O–H groups in total. The molecule has 0 radical (unpaired) electrons. The summed E-state index contributed by atoms with van der Waals surface area (Å²) in [6, 6.07) is 2.75. The van der Waals surface area contributed by atoms with E-state index in [2.05, 4.69) is 9.71 Å². The first-order valence-corrected chi connectivity index (χ1v) is 6.89. The van der Waals surface area contributed by atoms with Crippen molar-refractivity contribution in [1.29, 1.82) is 0 Å². The number of nitrogens with zero attached hydrogens (tertiary/aromatic N) is 1. The van der Waals surface area contributed by atoms with E-state index in [-0.39, 0.29) is 10.0 Å². The van der Waals surface area contributed by atoms with Crippen LogP contribution in [0.1, 0.15) is 20.3 Å². The molecule has 1 aromatic rings. The fourth-order valence-corrected chi connectivity index (χ4v) is 2.42. The molecule has 0 aliphatic heterocycles. The van der Waals surface area contributed by atoms with Gasteiger partial charge >= 0.3 is 0 Å². The van der Waals surface area contributed by atoms with Gasteiger partial charge in [0.2, 0.25) is 10.0 Å². The maximum atomic E-state index is 11.8. The van der Waals surface area contributed by atoms with E-state index in [1.165, 1.54) is 18.3 Å². The van der Waals surface area contributed by atoms with Gasteiger partial charge in [-0.2, -0.15) is 0 Å². The van der Waals surface area contributed by atoms with Crippen LogP contribution in [-0.4, -0.2) is 19.9 Å². The Bertz CT molecular complexity index is 446. The number of hydrogen-bond donors (Lipinski definition) is 1. The van der Waals surface area contributed by atoms with Crippen LogP contribution in [0.4, 0.5) is 0 Å². The molecule has 0 aromatic carbocycles. The third-order valence-corrected chi connectivity index (χ3v) is 3.69. The predicted octanol–water partition coefficient (Wildman–Crippen LogP) is 2.06. The van der Waals surface area contributed by atoms with Crippen LogP contribution in [0, 0.1) is 5.92 Å². The molecule has 1 aromatic heterocycles. The Morgan fingerprint density at radius 3 is 2.75 bits per heavy atom. The summed E-state index contributed by atoms with van der Waals surface area (Å²) in [4.78, 5) is 3.88. The second-order valence-corrected chi connectivity index (χ2v) is 6.05. The lowest BCUT2D eigenvalue weighted by Gasteiger charge is -2.08. The van der Waals surface area contributed by atoms with Crippen LogP contribution in [-0.2, 0) is 10.0 Å². The topological polar surface area (TPSA) is 59.1 Å². The minimum Gasteiger partial charge on any atom is -0.244 e. The fourth-order valence-electron chi connectivity index (χ4n) is 1.12. The molecule has 0 fully saturated rings. The van der Waals surface area contributed by atoms with Crippen LogP contribution in [0.3, 0.4) is 0 Å². The van der Waals surface area contributed by atoms with E-state index < -0.39 is 10.0 Å². The van der Waals surface area contributed by atoms with Gasteiger partial charge in [-0.05, 0) is 24.5 Å². The van der Waals surface area contributed by atoms with E-state index in [1.807, 2.05) is 13.8 Å². The Labute approximate surface area is 101 Å². The molecule has 0 atom stereocenters. The molecule has 16 heavy (non-hydrogen) atoms. The Balaban J connectivity index is 2.71. The maximum Gasteiger partial charge on any atom is 0.240 e. The molecule has 0 saturated carbocycles. The predicted molar refractivity (Wildman–Crippen MR) is 63.9 cm³/mol. The fraction of sp³-hybridized carbons (Fsp3) is 0.500. The van der Waals surface area contributed by atoms with E-state index in [9.17, 15) is 8.42 Å². The second-order valence-electron chi connectivity index (χ2n) is 3.89. The van der Waals surface area contributed by atoms with Gasteiger partial charge in [-0.15, -0.1) is 0 Å². The summed E-state index contributed by atoms with van der Waals surface area (Å²) >= 11 is 5.63. The van der Waals surface area contributed by atoms with Gasteiger partial charge in [0.1, 0.15) is 5.15 Å². The Morgan fingerprint density at radius 2 is 2.19 bits per heavy atom. The highest BCUT2D eigenvalue weighted by Crippen LogP contribution is 2.12. The highest BCUT2D eigenvalue weighted by atomic mass is 35.5. The molecular weight excluding hydrogens is 248 g/mol. The number of aromatic nitrogens is 1. The van der Waals surface area contributed by atoms with Crippen LogP contribution in [0.15, 0.2) is 23.2 Å². The number of hydrogen-bond acceptors (Lipinski definition) is 3. The summed E-state index contributed by atoms with van der Waals surface area (Å²) in [5, 5.41) is 0.173. The van der Waals surface area contributed by atoms with Crippen LogP contribution in [0.5, 0.6) is 0 Å². The molecule has 0 aliphatic carbocycles. The Hall–Kier alpha value is -0.650. The molecule has 6 heteroatoms. The van der Waals surface area contributed by atoms with Crippen LogP contribution in [0.2, 0.25) is 5.15 Å². The molecule has 1 heterocycles. The van der Waals surface area contributed by atoms with E-state index in [0.717, 1.165) is 6.42 Å². The first-order chi connectivity index (χ1) is 7.42. The highest BCUT2D eigenvalue weighted by Gasteiger charge is 2.13. The summed E-state index contributed by atoms with van der Waals surface area (Å²) < 4.78 is 26.1. The zero-order valence-corrected chi connectivity index (χ0v) is 10.8. The summed E-state index contributed by atoms with van der Waals surface area (Å²) in [7, 11) is -3.45. The first kappa shape index (κ1) is 13.4. The van der Waals surface area contributed by atoms with Crippen molar-refractivity contribution in [2.75, 3.05) is 6.54 Å². The zero-order chi connectivity index (χ0) is 12.2. The Morgan fingerprint density at radius 1 is 1.50 bits per heavy atom. The Kier molecular flexibility index (Phi) is 4.70. The van der Waals surface area contributed by atoms with Crippen molar-refractivity contribution in [3.63, 3.8) is 0 Å². The van der Waals surface area contributed by atoms with Crippen molar-refractivity contribution in [3.05, 3.63) is 23.5 Å². The number of halogens is 1. The molecule has 0 unspecified atom stereocenters. The van der Waals surface area contributed by atoms with Gasteiger partial charge in [-0.3, -0.25) is 0 Å². The molecule has 0 saturated heterocycles. The van der Waals surface area contributed by atoms with Gasteiger partial charge in [0.25, 0.3) is 0 Å². The van der Waals surface area contributed by atoms with Gasteiger partial charge < -0.3 is 0 Å². The van der Waals surface area contributed by atoms with Crippen molar-refractivity contribution in [1.82, 2.24) is 9.71 Å². The smallest absolute Gasteiger partial charge is 0.240 e. The second kappa shape index (κ2) is 5.61. The van der Waals surface area contributed by atoms with Crippen molar-refractivity contribution in [2.45, 2.75) is 25.2 Å². The minimum absolute atomic E-state index is 0.149. The third-order valence-electron chi connectivity index (χ3n) is 2.02. The molecule has 1 rings (SSSR count). The van der Waals surface area contributed by atoms with E-state index in [1.54, 1.807) is 0 Å². The van der Waals surface area contributed by atoms with Crippen molar-refractivity contribution in [3.8, 4) is 0 Å². The average Bonchev–Trinajstić information content (AvgIpc) is 2.16. The molecular formula is C10H15ClN2O2S. The summed E-state index contributed by atoms with van der Waals surface area (Å²) in [6.07, 6.45) is 2.18. The molecule has 0 spiro atoms. The number of pyridine rings is 1. The third kappa shape index (κ3) is 4.08. The maximum absolute atomic E-state index is 11.8. The lowest BCUT2D eigenvalue weighted by atomic mass is 10.1. The zero-order valence-electron chi connectivity index (χ0n) is 9.27. The molecule has 4 nitrogen and oxygen atoms in total. The average molecular weight is 263 g/mol. The number of nitrogens with one attached hydrogen (secondary N) is 1. The molecule has 0 bridgehead atoms. The molecule has 0 aliphatic rings. The van der Waals surface area contributed by atoms with Crippen molar-refractivity contribution < 1.29 is 8.42 Å². The largest absolute Gasteiger partial charge is 0.244 e. The van der Waals surface area contributed by atoms with Gasteiger partial charge in [0.05, 0.1) is 4.90 Å². The minimum atomic E-state index is -3.45. The monoisotopic (exact) mass is 262 g/mol. The van der Waals surface area contributed by atoms with Gasteiger partial charge in [0.15, 0.2) is 0 Å². The summed E-state index contributed by atoms with van der Waals surface area (Å²) in [5.41, 5.74) is 0. The lowest BCUT2D eigenvalue weighted by Crippen LogP contribution is -2.25. The van der Waals surface area contributed by atoms with E-state index in [0.29, 0.717) is 12.5 Å². The van der Waals surface area contributed by atoms with Gasteiger partial charge in [0, 0.05) is 12.7 Å². The first-order valence-electron chi connectivity index (χ1n) is 5.03. The van der Waals surface area contributed by atoms with Gasteiger partial charge in [-0.25, -0.2) is 18.1 Å². The quantitative estimate of drug-likeness (QED) is 0.827. The summed E-state index contributed by atoms with van der Waals surface area (Å²) in [5.74, 6) is 0.462. The number of sulfonamides is 1.